The van der Waals surface area contributed by atoms with E-state index in [0.717, 1.165) is 56.3 Å². The second-order valence-corrected chi connectivity index (χ2v) is 9.09. The lowest BCUT2D eigenvalue weighted by molar-refractivity contribution is 0.0587. The van der Waals surface area contributed by atoms with Crippen molar-refractivity contribution in [2.75, 3.05) is 26.7 Å². The molecular formula is C21H28N6O2. The van der Waals surface area contributed by atoms with E-state index in [1.807, 2.05) is 11.8 Å². The largest absolute Gasteiger partial charge is 0.339 e. The van der Waals surface area contributed by atoms with Gasteiger partial charge >= 0.3 is 0 Å². The van der Waals surface area contributed by atoms with Gasteiger partial charge in [0.25, 0.3) is 5.91 Å². The van der Waals surface area contributed by atoms with E-state index in [-0.39, 0.29) is 17.4 Å². The molecular weight excluding hydrogens is 368 g/mol. The molecule has 1 atom stereocenters. The first-order valence-electron chi connectivity index (χ1n) is 10.6. The molecule has 3 fully saturated rings. The van der Waals surface area contributed by atoms with Crippen LogP contribution in [0, 0.1) is 12.3 Å². The number of amides is 1. The quantitative estimate of drug-likeness (QED) is 0.788. The molecule has 2 saturated heterocycles. The average Bonchev–Trinajstić information content (AvgIpc) is 3.26. The number of hydrogen-bond donors (Lipinski definition) is 0. The van der Waals surface area contributed by atoms with E-state index in [9.17, 15) is 4.79 Å². The molecule has 154 valence electrons. The molecule has 1 unspecified atom stereocenters. The Morgan fingerprint density at radius 2 is 2.00 bits per heavy atom. The molecule has 1 spiro atoms. The Morgan fingerprint density at radius 3 is 2.66 bits per heavy atom. The van der Waals surface area contributed by atoms with Gasteiger partial charge < -0.3 is 9.42 Å². The lowest BCUT2D eigenvalue weighted by atomic mass is 9.76. The van der Waals surface area contributed by atoms with Crippen molar-refractivity contribution in [2.45, 2.75) is 57.4 Å². The predicted octanol–water partition coefficient (Wildman–Crippen LogP) is 2.73. The third-order valence-corrected chi connectivity index (χ3v) is 7.06. The summed E-state index contributed by atoms with van der Waals surface area (Å²) in [6, 6.07) is 0.206. The van der Waals surface area contributed by atoms with Gasteiger partial charge in [0.2, 0.25) is 5.89 Å². The van der Waals surface area contributed by atoms with E-state index < -0.39 is 0 Å². The summed E-state index contributed by atoms with van der Waals surface area (Å²) >= 11 is 0. The van der Waals surface area contributed by atoms with Crippen LogP contribution in [0.2, 0.25) is 0 Å². The summed E-state index contributed by atoms with van der Waals surface area (Å²) < 4.78 is 5.56. The molecule has 0 aromatic carbocycles. The normalized spacial score (nSPS) is 24.8. The molecule has 2 aromatic heterocycles. The number of aryl methyl sites for hydroxylation is 1. The van der Waals surface area contributed by atoms with Gasteiger partial charge in [-0.2, -0.15) is 4.98 Å². The van der Waals surface area contributed by atoms with Crippen molar-refractivity contribution in [3.8, 4) is 0 Å². The standard InChI is InChI=1S/C21H28N6O2/c1-14-11-23-16(12-22-14)20(28)27-8-6-21(7-9-27)10-17(26(2)13-21)18-24-19(29-25-18)15-4-3-5-15/h11-12,15,17H,3-10,13H2,1-2H3. The van der Waals surface area contributed by atoms with Crippen molar-refractivity contribution < 1.29 is 9.32 Å². The maximum absolute atomic E-state index is 12.7. The van der Waals surface area contributed by atoms with E-state index in [0.29, 0.717) is 11.6 Å². The molecule has 1 aliphatic carbocycles. The summed E-state index contributed by atoms with van der Waals surface area (Å²) in [5.74, 6) is 2.11. The maximum Gasteiger partial charge on any atom is 0.274 e. The summed E-state index contributed by atoms with van der Waals surface area (Å²) in [5, 5.41) is 4.31. The molecule has 29 heavy (non-hydrogen) atoms. The highest BCUT2D eigenvalue weighted by Crippen LogP contribution is 2.48. The Bertz CT molecular complexity index is 883. The second kappa shape index (κ2) is 7.16. The van der Waals surface area contributed by atoms with Gasteiger partial charge in [0.1, 0.15) is 5.69 Å². The van der Waals surface area contributed by atoms with Crippen LogP contribution >= 0.6 is 0 Å². The number of carbonyl (C=O) groups excluding carboxylic acids is 1. The Kier molecular flexibility index (Phi) is 4.61. The topological polar surface area (TPSA) is 88.2 Å². The predicted molar refractivity (Wildman–Crippen MR) is 105 cm³/mol. The first-order chi connectivity index (χ1) is 14.0. The van der Waals surface area contributed by atoms with Crippen LogP contribution in [0.4, 0.5) is 0 Å². The molecule has 1 saturated carbocycles. The zero-order valence-electron chi connectivity index (χ0n) is 17.2. The van der Waals surface area contributed by atoms with Crippen LogP contribution in [0.1, 0.15) is 78.4 Å². The van der Waals surface area contributed by atoms with E-state index in [1.54, 1.807) is 12.4 Å². The molecule has 8 nitrogen and oxygen atoms in total. The Labute approximate surface area is 170 Å². The van der Waals surface area contributed by atoms with Gasteiger partial charge in [0, 0.05) is 31.7 Å². The van der Waals surface area contributed by atoms with Crippen molar-refractivity contribution in [2.24, 2.45) is 5.41 Å². The van der Waals surface area contributed by atoms with E-state index >= 15 is 0 Å². The van der Waals surface area contributed by atoms with Crippen LogP contribution in [0.15, 0.2) is 16.9 Å². The third-order valence-electron chi connectivity index (χ3n) is 7.06. The highest BCUT2D eigenvalue weighted by atomic mass is 16.5. The van der Waals surface area contributed by atoms with Crippen LogP contribution in [0.5, 0.6) is 0 Å². The van der Waals surface area contributed by atoms with Crippen LogP contribution in [0.25, 0.3) is 0 Å². The zero-order valence-corrected chi connectivity index (χ0v) is 17.2. The van der Waals surface area contributed by atoms with Crippen LogP contribution in [-0.2, 0) is 0 Å². The number of carbonyl (C=O) groups is 1. The molecule has 0 bridgehead atoms. The summed E-state index contributed by atoms with van der Waals surface area (Å²) in [6.45, 7) is 4.40. The number of piperidine rings is 1. The Morgan fingerprint density at radius 1 is 1.21 bits per heavy atom. The first-order valence-corrected chi connectivity index (χ1v) is 10.6. The maximum atomic E-state index is 12.7. The fraction of sp³-hybridized carbons (Fsp3) is 0.667. The molecule has 2 aromatic rings. The van der Waals surface area contributed by atoms with Gasteiger partial charge in [-0.05, 0) is 51.5 Å². The fourth-order valence-corrected chi connectivity index (χ4v) is 4.97. The SMILES string of the molecule is Cc1cnc(C(=O)N2CCC3(CC2)CC(c2noc(C4CCC4)n2)N(C)C3)cn1. The molecule has 0 radical (unpaired) electrons. The minimum atomic E-state index is -0.0152. The van der Waals surface area contributed by atoms with E-state index in [2.05, 4.69) is 27.1 Å². The molecule has 1 amide bonds. The lowest BCUT2D eigenvalue weighted by Gasteiger charge is -2.39. The highest BCUT2D eigenvalue weighted by molar-refractivity contribution is 5.92. The summed E-state index contributed by atoms with van der Waals surface area (Å²) in [7, 11) is 2.15. The van der Waals surface area contributed by atoms with Crippen LogP contribution < -0.4 is 0 Å². The van der Waals surface area contributed by atoms with Gasteiger partial charge in [0.05, 0.1) is 17.9 Å². The summed E-state index contributed by atoms with van der Waals surface area (Å²) in [6.07, 6.45) is 9.84. The second-order valence-electron chi connectivity index (χ2n) is 9.09. The van der Waals surface area contributed by atoms with Gasteiger partial charge in [-0.15, -0.1) is 0 Å². The highest BCUT2D eigenvalue weighted by Gasteiger charge is 2.47. The van der Waals surface area contributed by atoms with Gasteiger partial charge in [0.15, 0.2) is 5.82 Å². The summed E-state index contributed by atoms with van der Waals surface area (Å²) in [4.78, 5) is 30.2. The van der Waals surface area contributed by atoms with Gasteiger partial charge in [-0.3, -0.25) is 14.7 Å². The van der Waals surface area contributed by atoms with Gasteiger partial charge in [-0.25, -0.2) is 4.98 Å². The molecule has 2 aliphatic heterocycles. The number of hydrogen-bond acceptors (Lipinski definition) is 7. The van der Waals surface area contributed by atoms with E-state index in [1.165, 1.54) is 19.3 Å². The monoisotopic (exact) mass is 396 g/mol. The Balaban J connectivity index is 1.23. The minimum absolute atomic E-state index is 0.0152. The molecule has 8 heteroatoms. The van der Waals surface area contributed by atoms with Gasteiger partial charge in [-0.1, -0.05) is 11.6 Å². The fourth-order valence-electron chi connectivity index (χ4n) is 4.97. The van der Waals surface area contributed by atoms with Crippen LogP contribution in [-0.4, -0.2) is 62.5 Å². The zero-order chi connectivity index (χ0) is 20.0. The number of rotatable bonds is 3. The first kappa shape index (κ1) is 18.7. The molecule has 3 aliphatic rings. The van der Waals surface area contributed by atoms with Crippen molar-refractivity contribution in [1.29, 1.82) is 0 Å². The van der Waals surface area contributed by atoms with E-state index in [4.69, 9.17) is 9.51 Å². The summed E-state index contributed by atoms with van der Waals surface area (Å²) in [5.41, 5.74) is 1.47. The number of aromatic nitrogens is 4. The van der Waals surface area contributed by atoms with Crippen molar-refractivity contribution in [3.05, 3.63) is 35.5 Å². The van der Waals surface area contributed by atoms with Crippen molar-refractivity contribution in [3.63, 3.8) is 0 Å². The third kappa shape index (κ3) is 3.43. The number of nitrogens with zero attached hydrogens (tertiary/aromatic N) is 6. The Hall–Kier alpha value is -2.35. The minimum Gasteiger partial charge on any atom is -0.339 e. The molecule has 0 N–H and O–H groups in total. The van der Waals surface area contributed by atoms with Crippen molar-refractivity contribution in [1.82, 2.24) is 29.9 Å². The van der Waals surface area contributed by atoms with Crippen molar-refractivity contribution >= 4 is 5.91 Å². The van der Waals surface area contributed by atoms with Crippen LogP contribution in [0.3, 0.4) is 0 Å². The lowest BCUT2D eigenvalue weighted by Crippen LogP contribution is -2.44. The molecule has 5 rings (SSSR count). The smallest absolute Gasteiger partial charge is 0.274 e. The average molecular weight is 396 g/mol. The molecule has 4 heterocycles. The number of likely N-dealkylation sites (tertiary alicyclic amines) is 2.